The van der Waals surface area contributed by atoms with Crippen molar-refractivity contribution in [3.05, 3.63) is 0 Å². The maximum atomic E-state index is 10.9. The zero-order valence-electron chi connectivity index (χ0n) is 7.86. The van der Waals surface area contributed by atoms with E-state index in [2.05, 4.69) is 0 Å². The van der Waals surface area contributed by atoms with Gasteiger partial charge in [0.1, 0.15) is 0 Å². The fraction of sp³-hybridized carbons (Fsp3) is 0.750. The predicted molar refractivity (Wildman–Crippen MR) is 50.6 cm³/mol. The molecule has 0 amide bonds. The molecule has 0 spiro atoms. The van der Waals surface area contributed by atoms with Crippen LogP contribution in [0.25, 0.3) is 0 Å². The quantitative estimate of drug-likeness (QED) is 0.457. The summed E-state index contributed by atoms with van der Waals surface area (Å²) < 4.78 is 20.6. The van der Waals surface area contributed by atoms with Gasteiger partial charge in [-0.15, -0.1) is 0 Å². The van der Waals surface area contributed by atoms with Crippen LogP contribution >= 0.6 is 8.25 Å². The molecule has 0 unspecified atom stereocenters. The molecule has 0 bridgehead atoms. The third kappa shape index (κ3) is 9.22. The summed E-state index contributed by atoms with van der Waals surface area (Å²) in [5, 5.41) is 16.4. The molecule has 14 heavy (non-hydrogen) atoms. The number of hydrogen-bond acceptors (Lipinski definition) is 5. The van der Waals surface area contributed by atoms with Crippen LogP contribution in [-0.2, 0) is 13.6 Å². The van der Waals surface area contributed by atoms with Crippen molar-refractivity contribution < 1.29 is 13.6 Å². The lowest BCUT2D eigenvalue weighted by Crippen LogP contribution is -1.90. The van der Waals surface area contributed by atoms with E-state index in [9.17, 15) is 4.57 Å². The molecule has 0 aliphatic rings. The first-order chi connectivity index (χ1) is 6.81. The molecule has 0 rings (SSSR count). The summed E-state index contributed by atoms with van der Waals surface area (Å²) in [6.07, 6.45) is 1.91. The smallest absolute Gasteiger partial charge is 0.311 e. The lowest BCUT2D eigenvalue weighted by Gasteiger charge is -2.02. The number of rotatable bonds is 8. The van der Waals surface area contributed by atoms with E-state index in [-0.39, 0.29) is 13.2 Å². The normalized spacial score (nSPS) is 9.64. The van der Waals surface area contributed by atoms with Gasteiger partial charge in [0.15, 0.2) is 0 Å². The highest BCUT2D eigenvalue weighted by molar-refractivity contribution is 7.33. The Bertz CT molecular complexity index is 220. The average molecular weight is 216 g/mol. The highest BCUT2D eigenvalue weighted by Gasteiger charge is 1.98. The molecule has 6 heteroatoms. The van der Waals surface area contributed by atoms with Crippen LogP contribution in [0.15, 0.2) is 0 Å². The summed E-state index contributed by atoms with van der Waals surface area (Å²) >= 11 is 0. The first kappa shape index (κ1) is 13.1. The standard InChI is InChI=1S/C8H13N2O3P/c9-5-1-3-7-12-14(11)13-8-4-2-6-10/h14H,1-4,7-8H2. The highest BCUT2D eigenvalue weighted by atomic mass is 31.1. The van der Waals surface area contributed by atoms with Crippen molar-refractivity contribution in [1.82, 2.24) is 0 Å². The largest absolute Gasteiger partial charge is 0.319 e. The highest BCUT2D eigenvalue weighted by Crippen LogP contribution is 2.24. The molecule has 0 saturated heterocycles. The molecular weight excluding hydrogens is 203 g/mol. The van der Waals surface area contributed by atoms with Crippen molar-refractivity contribution in [3.8, 4) is 12.1 Å². The maximum absolute atomic E-state index is 10.9. The van der Waals surface area contributed by atoms with Gasteiger partial charge in [0.2, 0.25) is 0 Å². The minimum Gasteiger partial charge on any atom is -0.311 e. The molecule has 0 aromatic carbocycles. The first-order valence-electron chi connectivity index (χ1n) is 4.34. The summed E-state index contributed by atoms with van der Waals surface area (Å²) in [6, 6.07) is 3.91. The van der Waals surface area contributed by atoms with Gasteiger partial charge in [-0.25, -0.2) is 0 Å². The van der Waals surface area contributed by atoms with Crippen LogP contribution in [0.5, 0.6) is 0 Å². The van der Waals surface area contributed by atoms with Crippen molar-refractivity contribution in [2.75, 3.05) is 13.2 Å². The van der Waals surface area contributed by atoms with Gasteiger partial charge in [-0.2, -0.15) is 10.5 Å². The lowest BCUT2D eigenvalue weighted by atomic mass is 10.4. The van der Waals surface area contributed by atoms with Gasteiger partial charge in [-0.05, 0) is 12.8 Å². The van der Waals surface area contributed by atoms with E-state index in [1.807, 2.05) is 12.1 Å². The van der Waals surface area contributed by atoms with Gasteiger partial charge in [-0.3, -0.25) is 4.57 Å². The Morgan fingerprint density at radius 3 is 1.79 bits per heavy atom. The molecule has 0 saturated carbocycles. The summed E-state index contributed by atoms with van der Waals surface area (Å²) in [6.45, 7) is 0.563. The van der Waals surface area contributed by atoms with Crippen molar-refractivity contribution in [1.29, 1.82) is 10.5 Å². The number of nitrogens with zero attached hydrogens (tertiary/aromatic N) is 2. The second-order valence-electron chi connectivity index (χ2n) is 2.47. The molecule has 0 atom stereocenters. The van der Waals surface area contributed by atoms with Gasteiger partial charge < -0.3 is 9.05 Å². The van der Waals surface area contributed by atoms with E-state index in [0.29, 0.717) is 25.7 Å². The monoisotopic (exact) mass is 216 g/mol. The lowest BCUT2D eigenvalue weighted by molar-refractivity contribution is 0.223. The zero-order chi connectivity index (χ0) is 10.6. The average Bonchev–Trinajstić information content (AvgIpc) is 2.19. The Labute approximate surface area is 84.2 Å². The molecular formula is C8H13N2O3P. The minimum absolute atomic E-state index is 0.281. The Hall–Kier alpha value is -0.870. The summed E-state index contributed by atoms with van der Waals surface area (Å²) in [5.41, 5.74) is 0. The molecule has 0 aromatic rings. The van der Waals surface area contributed by atoms with E-state index >= 15 is 0 Å². The van der Waals surface area contributed by atoms with Crippen LogP contribution in [0.3, 0.4) is 0 Å². The van der Waals surface area contributed by atoms with E-state index in [0.717, 1.165) is 0 Å². The van der Waals surface area contributed by atoms with E-state index in [1.54, 1.807) is 0 Å². The summed E-state index contributed by atoms with van der Waals surface area (Å²) in [7, 11) is -2.42. The van der Waals surface area contributed by atoms with Gasteiger partial charge in [0.25, 0.3) is 0 Å². The second-order valence-corrected chi connectivity index (χ2v) is 3.55. The SMILES string of the molecule is N#CCCCO[PH](=O)OCCCC#N. The van der Waals surface area contributed by atoms with Crippen LogP contribution in [-0.4, -0.2) is 13.2 Å². The van der Waals surface area contributed by atoms with Crippen LogP contribution in [0.2, 0.25) is 0 Å². The fourth-order valence-corrected chi connectivity index (χ4v) is 1.36. The zero-order valence-corrected chi connectivity index (χ0v) is 8.86. The van der Waals surface area contributed by atoms with Gasteiger partial charge >= 0.3 is 8.25 Å². The molecule has 0 aliphatic heterocycles. The van der Waals surface area contributed by atoms with E-state index < -0.39 is 8.25 Å². The minimum atomic E-state index is -2.42. The molecule has 0 radical (unpaired) electrons. The Morgan fingerprint density at radius 2 is 1.43 bits per heavy atom. The summed E-state index contributed by atoms with van der Waals surface area (Å²) in [4.78, 5) is 0. The van der Waals surface area contributed by atoms with Gasteiger partial charge in [0, 0.05) is 12.8 Å². The van der Waals surface area contributed by atoms with Gasteiger partial charge in [-0.1, -0.05) is 0 Å². The van der Waals surface area contributed by atoms with Crippen molar-refractivity contribution in [3.63, 3.8) is 0 Å². The molecule has 0 fully saturated rings. The number of nitriles is 2. The fourth-order valence-electron chi connectivity index (χ4n) is 0.655. The van der Waals surface area contributed by atoms with Crippen LogP contribution in [0.1, 0.15) is 25.7 Å². The van der Waals surface area contributed by atoms with E-state index in [4.69, 9.17) is 19.6 Å². The molecule has 78 valence electrons. The van der Waals surface area contributed by atoms with Gasteiger partial charge in [0.05, 0.1) is 25.4 Å². The molecule has 0 heterocycles. The van der Waals surface area contributed by atoms with E-state index in [1.165, 1.54) is 0 Å². The molecule has 5 nitrogen and oxygen atoms in total. The number of hydrogen-bond donors (Lipinski definition) is 0. The molecule has 0 aliphatic carbocycles. The Balaban J connectivity index is 3.21. The molecule has 0 N–H and O–H groups in total. The second kappa shape index (κ2) is 10.2. The van der Waals surface area contributed by atoms with Crippen LogP contribution in [0, 0.1) is 22.7 Å². The van der Waals surface area contributed by atoms with Crippen molar-refractivity contribution in [2.45, 2.75) is 25.7 Å². The third-order valence-electron chi connectivity index (χ3n) is 1.31. The topological polar surface area (TPSA) is 83.1 Å². The third-order valence-corrected chi connectivity index (χ3v) is 2.19. The number of unbranched alkanes of at least 4 members (excludes halogenated alkanes) is 2. The van der Waals surface area contributed by atoms with Crippen LogP contribution in [0.4, 0.5) is 0 Å². The van der Waals surface area contributed by atoms with Crippen molar-refractivity contribution >= 4 is 8.25 Å². The van der Waals surface area contributed by atoms with Crippen LogP contribution < -0.4 is 0 Å². The summed E-state index contributed by atoms with van der Waals surface area (Å²) in [5.74, 6) is 0. The first-order valence-corrected chi connectivity index (χ1v) is 5.57. The predicted octanol–water partition coefficient (Wildman–Crippen LogP) is 2.02. The Kier molecular flexibility index (Phi) is 9.58. The Morgan fingerprint density at radius 1 is 1.00 bits per heavy atom. The molecule has 0 aromatic heterocycles. The van der Waals surface area contributed by atoms with Crippen molar-refractivity contribution in [2.24, 2.45) is 0 Å². The maximum Gasteiger partial charge on any atom is 0.319 e.